The van der Waals surface area contributed by atoms with Crippen molar-refractivity contribution in [2.75, 3.05) is 33.9 Å². The zero-order valence-corrected chi connectivity index (χ0v) is 19.2. The number of rotatable bonds is 9. The molecule has 8 heteroatoms. The number of hydrogen-bond donors (Lipinski definition) is 3. The lowest BCUT2D eigenvalue weighted by molar-refractivity contribution is 0.0437. The molecular formula is C20H30IN3O4. The summed E-state index contributed by atoms with van der Waals surface area (Å²) in [6.07, 6.45) is 2.28. The highest BCUT2D eigenvalue weighted by molar-refractivity contribution is 14.0. The van der Waals surface area contributed by atoms with E-state index >= 15 is 0 Å². The number of aliphatic hydroxyl groups is 1. The summed E-state index contributed by atoms with van der Waals surface area (Å²) in [6.45, 7) is 5.22. The maximum Gasteiger partial charge on any atom is 0.191 e. The van der Waals surface area contributed by atoms with Gasteiger partial charge in [-0.2, -0.15) is 0 Å². The van der Waals surface area contributed by atoms with Gasteiger partial charge < -0.3 is 29.6 Å². The Bertz CT molecular complexity index is 733. The molecule has 0 fully saturated rings. The van der Waals surface area contributed by atoms with Gasteiger partial charge in [-0.25, -0.2) is 4.99 Å². The Morgan fingerprint density at radius 3 is 2.61 bits per heavy atom. The highest BCUT2D eigenvalue weighted by atomic mass is 127. The first-order valence-corrected chi connectivity index (χ1v) is 8.99. The summed E-state index contributed by atoms with van der Waals surface area (Å²) in [5, 5.41) is 17.0. The first kappa shape index (κ1) is 24.1. The third-order valence-electron chi connectivity index (χ3n) is 4.12. The fourth-order valence-corrected chi connectivity index (χ4v) is 2.63. The number of methoxy groups -OCH3 is 2. The van der Waals surface area contributed by atoms with Crippen LogP contribution in [0, 0.1) is 0 Å². The van der Waals surface area contributed by atoms with Crippen LogP contribution in [0.1, 0.15) is 25.2 Å². The molecule has 0 radical (unpaired) electrons. The van der Waals surface area contributed by atoms with Gasteiger partial charge in [-0.3, -0.25) is 0 Å². The highest BCUT2D eigenvalue weighted by Crippen LogP contribution is 2.24. The molecule has 1 unspecified atom stereocenters. The Balaban J connectivity index is 0.00000392. The van der Waals surface area contributed by atoms with Gasteiger partial charge in [-0.15, -0.1) is 24.0 Å². The molecule has 0 amide bonds. The average molecular weight is 503 g/mol. The molecule has 7 nitrogen and oxygen atoms in total. The second-order valence-corrected chi connectivity index (χ2v) is 6.30. The monoisotopic (exact) mass is 503 g/mol. The van der Waals surface area contributed by atoms with Gasteiger partial charge in [0.05, 0.1) is 27.0 Å². The van der Waals surface area contributed by atoms with Crippen molar-refractivity contribution in [3.05, 3.63) is 47.9 Å². The number of benzene rings is 1. The number of hydrogen-bond acceptors (Lipinski definition) is 5. The Kier molecular flexibility index (Phi) is 10.2. The zero-order chi connectivity index (χ0) is 19.7. The summed E-state index contributed by atoms with van der Waals surface area (Å²) < 4.78 is 16.0. The lowest BCUT2D eigenvalue weighted by Gasteiger charge is -2.19. The van der Waals surface area contributed by atoms with Gasteiger partial charge in [0.25, 0.3) is 0 Å². The van der Waals surface area contributed by atoms with Crippen LogP contribution in [0.5, 0.6) is 11.5 Å². The maximum absolute atomic E-state index is 10.5. The lowest BCUT2D eigenvalue weighted by atomic mass is 10.0. The molecule has 1 aromatic heterocycles. The fraction of sp³-hybridized carbons (Fsp3) is 0.450. The summed E-state index contributed by atoms with van der Waals surface area (Å²) in [5.41, 5.74) is -0.121. The minimum atomic E-state index is -1.16. The average Bonchev–Trinajstić information content (AvgIpc) is 3.22. The van der Waals surface area contributed by atoms with Crippen LogP contribution in [0.4, 0.5) is 0 Å². The number of ether oxygens (including phenoxy) is 2. The minimum absolute atomic E-state index is 0. The van der Waals surface area contributed by atoms with Crippen molar-refractivity contribution in [3.63, 3.8) is 0 Å². The van der Waals surface area contributed by atoms with Gasteiger partial charge in [0, 0.05) is 13.1 Å². The van der Waals surface area contributed by atoms with E-state index in [9.17, 15) is 5.11 Å². The van der Waals surface area contributed by atoms with E-state index in [-0.39, 0.29) is 30.5 Å². The molecule has 0 aliphatic heterocycles. The molecule has 0 aliphatic rings. The van der Waals surface area contributed by atoms with Crippen LogP contribution in [-0.4, -0.2) is 44.9 Å². The van der Waals surface area contributed by atoms with Gasteiger partial charge >= 0.3 is 0 Å². The standard InChI is InChI=1S/C20H29N3O4.HI/c1-5-21-19(23-14-20(2,24)18-7-6-12-27-18)22-11-10-15-13-16(25-3)8-9-17(15)26-4;/h6-9,12-13,24H,5,10-11,14H2,1-4H3,(H2,21,22,23);1H. The van der Waals surface area contributed by atoms with Crippen LogP contribution in [0.2, 0.25) is 0 Å². The van der Waals surface area contributed by atoms with Crippen molar-refractivity contribution < 1.29 is 19.0 Å². The molecule has 28 heavy (non-hydrogen) atoms. The Morgan fingerprint density at radius 1 is 1.21 bits per heavy atom. The molecule has 0 aliphatic carbocycles. The number of nitrogens with one attached hydrogen (secondary N) is 2. The lowest BCUT2D eigenvalue weighted by Crippen LogP contribution is -2.39. The summed E-state index contributed by atoms with van der Waals surface area (Å²) in [4.78, 5) is 4.48. The van der Waals surface area contributed by atoms with E-state index in [0.29, 0.717) is 18.3 Å². The van der Waals surface area contributed by atoms with E-state index in [1.807, 2.05) is 25.1 Å². The molecule has 2 rings (SSSR count). The zero-order valence-electron chi connectivity index (χ0n) is 16.8. The van der Waals surface area contributed by atoms with Gasteiger partial charge in [0.2, 0.25) is 0 Å². The van der Waals surface area contributed by atoms with Crippen molar-refractivity contribution in [1.82, 2.24) is 10.6 Å². The molecule has 2 aromatic rings. The summed E-state index contributed by atoms with van der Waals surface area (Å²) >= 11 is 0. The maximum atomic E-state index is 10.5. The molecule has 0 saturated heterocycles. The van der Waals surface area contributed by atoms with E-state index in [4.69, 9.17) is 13.9 Å². The largest absolute Gasteiger partial charge is 0.497 e. The molecule has 0 bridgehead atoms. The van der Waals surface area contributed by atoms with E-state index < -0.39 is 5.60 Å². The van der Waals surface area contributed by atoms with Crippen molar-refractivity contribution >= 4 is 29.9 Å². The van der Waals surface area contributed by atoms with Crippen LogP contribution < -0.4 is 20.1 Å². The first-order valence-electron chi connectivity index (χ1n) is 8.99. The van der Waals surface area contributed by atoms with Crippen LogP contribution in [0.15, 0.2) is 46.0 Å². The second-order valence-electron chi connectivity index (χ2n) is 6.30. The SMILES string of the molecule is CCNC(=NCC(C)(O)c1ccco1)NCCc1cc(OC)ccc1OC.I. The highest BCUT2D eigenvalue weighted by Gasteiger charge is 2.26. The van der Waals surface area contributed by atoms with Gasteiger partial charge in [0.1, 0.15) is 22.9 Å². The molecular weight excluding hydrogens is 473 g/mol. The van der Waals surface area contributed by atoms with Crippen molar-refractivity contribution in [3.8, 4) is 11.5 Å². The number of guanidine groups is 1. The topological polar surface area (TPSA) is 88.3 Å². The minimum Gasteiger partial charge on any atom is -0.497 e. The van der Waals surface area contributed by atoms with E-state index in [1.165, 1.54) is 0 Å². The second kappa shape index (κ2) is 11.8. The summed E-state index contributed by atoms with van der Waals surface area (Å²) in [7, 11) is 3.30. The van der Waals surface area contributed by atoms with E-state index in [2.05, 4.69) is 15.6 Å². The molecule has 1 atom stereocenters. The number of furan rings is 1. The summed E-state index contributed by atoms with van der Waals surface area (Å²) in [5.74, 6) is 2.73. The molecule has 3 N–H and O–H groups in total. The third kappa shape index (κ3) is 6.90. The summed E-state index contributed by atoms with van der Waals surface area (Å²) in [6, 6.07) is 9.22. The molecule has 1 heterocycles. The third-order valence-corrected chi connectivity index (χ3v) is 4.12. The predicted octanol–water partition coefficient (Wildman–Crippen LogP) is 2.92. The van der Waals surface area contributed by atoms with Crippen molar-refractivity contribution in [2.24, 2.45) is 4.99 Å². The van der Waals surface area contributed by atoms with Crippen LogP contribution in [0.25, 0.3) is 0 Å². The van der Waals surface area contributed by atoms with Crippen molar-refractivity contribution in [2.45, 2.75) is 25.9 Å². The Hall–Kier alpha value is -1.94. The van der Waals surface area contributed by atoms with Gasteiger partial charge in [0.15, 0.2) is 5.96 Å². The van der Waals surface area contributed by atoms with Gasteiger partial charge in [-0.1, -0.05) is 0 Å². The van der Waals surface area contributed by atoms with Crippen LogP contribution in [0.3, 0.4) is 0 Å². The first-order chi connectivity index (χ1) is 13.0. The van der Waals surface area contributed by atoms with Gasteiger partial charge in [-0.05, 0) is 56.2 Å². The molecule has 156 valence electrons. The molecule has 0 saturated carbocycles. The number of halogens is 1. The Labute approximate surface area is 183 Å². The van der Waals surface area contributed by atoms with E-state index in [0.717, 1.165) is 30.0 Å². The normalized spacial score (nSPS) is 13.2. The number of nitrogens with zero attached hydrogens (tertiary/aromatic N) is 1. The fourth-order valence-electron chi connectivity index (χ4n) is 2.63. The quantitative estimate of drug-likeness (QED) is 0.277. The van der Waals surface area contributed by atoms with Crippen LogP contribution >= 0.6 is 24.0 Å². The molecule has 0 spiro atoms. The van der Waals surface area contributed by atoms with Crippen molar-refractivity contribution in [1.29, 1.82) is 0 Å². The Morgan fingerprint density at radius 2 is 2.00 bits per heavy atom. The number of aliphatic imine (C=N–C) groups is 1. The van der Waals surface area contributed by atoms with Crippen LogP contribution in [-0.2, 0) is 12.0 Å². The predicted molar refractivity (Wildman–Crippen MR) is 121 cm³/mol. The molecule has 1 aromatic carbocycles. The van der Waals surface area contributed by atoms with E-state index in [1.54, 1.807) is 39.5 Å². The smallest absolute Gasteiger partial charge is 0.191 e.